The molecule has 0 fully saturated rings. The van der Waals surface area contributed by atoms with Crippen LogP contribution < -0.4 is 0 Å². The predicted octanol–water partition coefficient (Wildman–Crippen LogP) is -0.273. The van der Waals surface area contributed by atoms with Crippen molar-refractivity contribution >= 4 is 39.7 Å². The fraction of sp³-hybridized carbons (Fsp3) is 0. The van der Waals surface area contributed by atoms with Gasteiger partial charge in [0.25, 0.3) is 0 Å². The smallest absolute Gasteiger partial charge is 0 e. The van der Waals surface area contributed by atoms with Crippen LogP contribution >= 0.6 is 13.5 Å². The average Bonchev–Trinajstić information content (AvgIpc) is 0. The second kappa shape index (κ2) is 18.1. The van der Waals surface area contributed by atoms with Crippen LogP contribution in [-0.4, -0.2) is 26.2 Å². The predicted molar refractivity (Wildman–Crippen MR) is 16.1 cm³/mol. The number of rotatable bonds is 0. The maximum absolute atomic E-state index is 0. The fourth-order valence-corrected chi connectivity index (χ4v) is 0. The summed E-state index contributed by atoms with van der Waals surface area (Å²) >= 11 is 0. The van der Waals surface area contributed by atoms with E-state index in [1.807, 2.05) is 0 Å². The molecule has 0 aromatic rings. The molecule has 0 rings (SSSR count). The van der Waals surface area contributed by atoms with Crippen LogP contribution in [0, 0.1) is 0 Å². The van der Waals surface area contributed by atoms with Gasteiger partial charge in [-0.05, 0) is 0 Å². The molecule has 0 amide bonds. The van der Waals surface area contributed by atoms with Crippen LogP contribution in [0.15, 0.2) is 0 Å². The van der Waals surface area contributed by atoms with E-state index in [4.69, 9.17) is 0 Å². The molecular weight excluding hydrogens is 396 g/mol. The Morgan fingerprint density at radius 1 is 1.00 bits per heavy atom. The molecule has 4 radical (unpaired) electrons. The largest absolute Gasteiger partial charge is 0.197 e. The van der Waals surface area contributed by atoms with Gasteiger partial charge >= 0.3 is 0 Å². The molecule has 0 nitrogen and oxygen atoms in total. The third-order valence-corrected chi connectivity index (χ3v) is 0. The first-order valence-electron chi connectivity index (χ1n) is 0. The van der Waals surface area contributed by atoms with E-state index < -0.39 is 0 Å². The second-order valence-electron chi connectivity index (χ2n) is 0. The van der Waals surface area contributed by atoms with Crippen molar-refractivity contribution < 1.29 is 37.8 Å². The first-order chi connectivity index (χ1) is 0. The zero-order chi connectivity index (χ0) is 0. The molecule has 4 heteroatoms. The molecule has 0 atom stereocenters. The Morgan fingerprint density at radius 2 is 1.00 bits per heavy atom. The summed E-state index contributed by atoms with van der Waals surface area (Å²) in [6, 6.07) is 0. The van der Waals surface area contributed by atoms with Crippen molar-refractivity contribution in [2.75, 3.05) is 0 Å². The van der Waals surface area contributed by atoms with Gasteiger partial charge in [0, 0.05) is 64.0 Å². The zero-order valence-electron chi connectivity index (χ0n) is 1.69. The third-order valence-electron chi connectivity index (χ3n) is 0. The summed E-state index contributed by atoms with van der Waals surface area (Å²) in [4.78, 5) is 0. The maximum atomic E-state index is 0. The Labute approximate surface area is 76.5 Å². The van der Waals surface area contributed by atoms with Gasteiger partial charge in [-0.1, -0.05) is 0 Å². The van der Waals surface area contributed by atoms with E-state index in [1.54, 1.807) is 0 Å². The summed E-state index contributed by atoms with van der Waals surface area (Å²) in [5, 5.41) is 0. The third kappa shape index (κ3) is 8.83. The van der Waals surface area contributed by atoms with Crippen molar-refractivity contribution in [3.8, 4) is 0 Å². The second-order valence-corrected chi connectivity index (χ2v) is 0. The zero-order valence-corrected chi connectivity index (χ0v) is 9.21. The molecule has 4 heavy (non-hydrogen) atoms. The summed E-state index contributed by atoms with van der Waals surface area (Å²) in [5.74, 6) is 0. The van der Waals surface area contributed by atoms with E-state index in [2.05, 4.69) is 0 Å². The Balaban J connectivity index is 0. The molecule has 0 aliphatic heterocycles. The van der Waals surface area contributed by atoms with Crippen molar-refractivity contribution in [3.63, 3.8) is 0 Å². The van der Waals surface area contributed by atoms with Crippen LogP contribution in [0.1, 0.15) is 0 Å². The maximum Gasteiger partial charge on any atom is 0 e. The number of hydrogen-bond acceptors (Lipinski definition) is 0. The van der Waals surface area contributed by atoms with Gasteiger partial charge in [0.2, 0.25) is 0 Å². The Kier molecular flexibility index (Phi) is 145. The quantitative estimate of drug-likeness (QED) is 0.494. The molecular formula is H2BiCoMoS. The summed E-state index contributed by atoms with van der Waals surface area (Å²) < 4.78 is 0. The van der Waals surface area contributed by atoms with Crippen LogP contribution in [0.4, 0.5) is 0 Å². The molecule has 0 saturated heterocycles. The first-order valence-corrected chi connectivity index (χ1v) is 0. The molecule has 0 bridgehead atoms. The van der Waals surface area contributed by atoms with Crippen LogP contribution in [0.25, 0.3) is 0 Å². The van der Waals surface area contributed by atoms with Gasteiger partial charge in [-0.3, -0.25) is 0 Å². The monoisotopic (exact) mass is 400 g/mol. The van der Waals surface area contributed by atoms with Crippen molar-refractivity contribution in [1.29, 1.82) is 0 Å². The van der Waals surface area contributed by atoms with E-state index >= 15 is 0 Å². The van der Waals surface area contributed by atoms with E-state index in [0.717, 1.165) is 0 Å². The van der Waals surface area contributed by atoms with Gasteiger partial charge in [0.1, 0.15) is 0 Å². The first kappa shape index (κ1) is 32.1. The molecule has 0 aromatic heterocycles. The molecule has 0 saturated carbocycles. The van der Waals surface area contributed by atoms with Crippen LogP contribution in [0.2, 0.25) is 0 Å². The molecule has 0 aromatic carbocycles. The Hall–Kier alpha value is 2.43. The molecule has 0 N–H and O–H groups in total. The van der Waals surface area contributed by atoms with Crippen molar-refractivity contribution in [2.45, 2.75) is 0 Å². The Bertz CT molecular complexity index is 8.00. The summed E-state index contributed by atoms with van der Waals surface area (Å²) in [7, 11) is 0. The molecule has 0 aliphatic carbocycles. The molecule has 28 valence electrons. The topological polar surface area (TPSA) is 0 Å². The summed E-state index contributed by atoms with van der Waals surface area (Å²) in [6.45, 7) is 0. The fourth-order valence-electron chi connectivity index (χ4n) is 0. The van der Waals surface area contributed by atoms with Crippen LogP contribution in [0.3, 0.4) is 0 Å². The summed E-state index contributed by atoms with van der Waals surface area (Å²) in [6.07, 6.45) is 0. The van der Waals surface area contributed by atoms with E-state index in [0.29, 0.717) is 0 Å². The minimum absolute atomic E-state index is 0. The summed E-state index contributed by atoms with van der Waals surface area (Å²) in [5.41, 5.74) is 0. The van der Waals surface area contributed by atoms with Crippen LogP contribution in [-0.2, 0) is 37.8 Å². The van der Waals surface area contributed by atoms with Gasteiger partial charge in [0.15, 0.2) is 0 Å². The normalized spacial score (nSPS) is 0. The molecule has 0 aliphatic rings. The van der Waals surface area contributed by atoms with Gasteiger partial charge in [-0.15, -0.1) is 0 Å². The minimum Gasteiger partial charge on any atom is -0.197 e. The van der Waals surface area contributed by atoms with Gasteiger partial charge in [-0.25, -0.2) is 0 Å². The van der Waals surface area contributed by atoms with Crippen molar-refractivity contribution in [3.05, 3.63) is 0 Å². The van der Waals surface area contributed by atoms with E-state index in [9.17, 15) is 0 Å². The Morgan fingerprint density at radius 3 is 1.00 bits per heavy atom. The minimum atomic E-state index is 0. The van der Waals surface area contributed by atoms with E-state index in [-0.39, 0.29) is 77.5 Å². The molecule has 0 spiro atoms. The standard InChI is InChI=1S/Bi.Co.Mo.H2S/h;;;1H2. The van der Waals surface area contributed by atoms with Crippen molar-refractivity contribution in [1.82, 2.24) is 0 Å². The van der Waals surface area contributed by atoms with Gasteiger partial charge < -0.3 is 0 Å². The SMILES string of the molecule is S.[Bi].[Co].[Mo]. The van der Waals surface area contributed by atoms with Gasteiger partial charge in [-0.2, -0.15) is 13.5 Å². The average molecular weight is 398 g/mol. The van der Waals surface area contributed by atoms with Crippen molar-refractivity contribution in [2.24, 2.45) is 0 Å². The van der Waals surface area contributed by atoms with E-state index in [1.165, 1.54) is 0 Å². The molecule has 0 heterocycles. The van der Waals surface area contributed by atoms with Gasteiger partial charge in [0.05, 0.1) is 0 Å². The van der Waals surface area contributed by atoms with Crippen LogP contribution in [0.5, 0.6) is 0 Å². The molecule has 0 unspecified atom stereocenters. The number of hydrogen-bond donors (Lipinski definition) is 0.